The van der Waals surface area contributed by atoms with Gasteiger partial charge in [-0.15, -0.1) is 10.2 Å². The van der Waals surface area contributed by atoms with Crippen LogP contribution in [0.25, 0.3) is 0 Å². The highest BCUT2D eigenvalue weighted by Gasteiger charge is 2.30. The SMILES string of the molecule is O=S1CCc2nc(Cl)nc(NC3CCOCC3)c21.O=S1CCc2nc(N3CCn4cnnc4C3)nc(NC3CCOCC3)c21. The minimum Gasteiger partial charge on any atom is -0.381 e. The largest absolute Gasteiger partial charge is 0.381 e. The molecule has 2 unspecified atom stereocenters. The van der Waals surface area contributed by atoms with E-state index in [9.17, 15) is 8.42 Å². The van der Waals surface area contributed by atoms with Gasteiger partial charge in [-0.3, -0.25) is 8.42 Å². The minimum atomic E-state index is -1.02. The number of nitrogens with one attached hydrogen (secondary N) is 2. The summed E-state index contributed by atoms with van der Waals surface area (Å²) in [6, 6.07) is 0.615. The van der Waals surface area contributed by atoms with E-state index >= 15 is 0 Å². The molecule has 0 spiro atoms. The van der Waals surface area contributed by atoms with Crippen molar-refractivity contribution < 1.29 is 17.9 Å². The Kier molecular flexibility index (Phi) is 9.03. The Morgan fingerprint density at radius 1 is 0.795 bits per heavy atom. The van der Waals surface area contributed by atoms with Crippen LogP contribution in [-0.2, 0) is 57.0 Å². The van der Waals surface area contributed by atoms with Gasteiger partial charge in [0.1, 0.15) is 27.8 Å². The van der Waals surface area contributed by atoms with Crippen molar-refractivity contribution in [2.45, 2.75) is 73.5 Å². The molecule has 236 valence electrons. The minimum absolute atomic E-state index is 0.224. The molecule has 17 heteroatoms. The van der Waals surface area contributed by atoms with Crippen molar-refractivity contribution in [3.05, 3.63) is 28.8 Å². The molecule has 0 saturated carbocycles. The number of anilines is 3. The summed E-state index contributed by atoms with van der Waals surface area (Å²) in [6.07, 6.45) is 6.96. The molecule has 5 aliphatic heterocycles. The average molecular weight is 663 g/mol. The molecule has 3 aromatic rings. The standard InChI is InChI=1S/C16H21N7O2S.C11H14ClN3O2S/c24-26-8-3-12-14(26)15(18-11-1-6-25-7-2-11)20-16(19-12)22-4-5-23-10-17-21-13(23)9-22;12-11-14-8-3-6-18(16)9(8)10(15-11)13-7-1-4-17-5-2-7/h10-11H,1-9H2,(H,18,19,20);7H,1-6H2,(H,13,14,15). The van der Waals surface area contributed by atoms with Crippen LogP contribution in [-0.4, -0.2) is 99.7 Å². The number of fused-ring (bicyclic) bond motifs is 3. The molecule has 5 aliphatic rings. The van der Waals surface area contributed by atoms with E-state index in [0.717, 1.165) is 104 Å². The molecule has 0 amide bonds. The van der Waals surface area contributed by atoms with Crippen LogP contribution in [0.1, 0.15) is 42.9 Å². The number of hydrogen-bond acceptors (Lipinski definition) is 13. The van der Waals surface area contributed by atoms with Crippen LogP contribution in [0.4, 0.5) is 17.6 Å². The molecule has 0 aliphatic carbocycles. The summed E-state index contributed by atoms with van der Waals surface area (Å²) in [5.74, 6) is 4.23. The predicted molar refractivity (Wildman–Crippen MR) is 165 cm³/mol. The molecule has 3 aromatic heterocycles. The lowest BCUT2D eigenvalue weighted by Crippen LogP contribution is -2.35. The normalized spacial score (nSPS) is 23.3. The van der Waals surface area contributed by atoms with E-state index in [0.29, 0.717) is 48.3 Å². The quantitative estimate of drug-likeness (QED) is 0.380. The molecular formula is C27H35ClN10O4S2. The Labute approximate surface area is 265 Å². The van der Waals surface area contributed by atoms with Gasteiger partial charge >= 0.3 is 0 Å². The van der Waals surface area contributed by atoms with Crippen LogP contribution in [0.3, 0.4) is 0 Å². The summed E-state index contributed by atoms with van der Waals surface area (Å²) >= 11 is 5.91. The van der Waals surface area contributed by atoms with E-state index in [4.69, 9.17) is 31.0 Å². The Morgan fingerprint density at radius 2 is 1.39 bits per heavy atom. The van der Waals surface area contributed by atoms with Gasteiger partial charge in [0.15, 0.2) is 5.82 Å². The third-order valence-corrected chi connectivity index (χ3v) is 11.5. The van der Waals surface area contributed by atoms with Gasteiger partial charge in [-0.2, -0.15) is 9.97 Å². The topological polar surface area (TPSA) is 162 Å². The highest BCUT2D eigenvalue weighted by atomic mass is 35.5. The summed E-state index contributed by atoms with van der Waals surface area (Å²) in [7, 11) is -2.02. The number of aromatic nitrogens is 7. The predicted octanol–water partition coefficient (Wildman–Crippen LogP) is 1.73. The van der Waals surface area contributed by atoms with E-state index in [1.54, 1.807) is 6.33 Å². The zero-order chi connectivity index (χ0) is 30.0. The fourth-order valence-corrected chi connectivity index (χ4v) is 8.81. The Balaban J connectivity index is 0.000000152. The molecule has 2 N–H and O–H groups in total. The van der Waals surface area contributed by atoms with Crippen LogP contribution in [0, 0.1) is 0 Å². The second-order valence-corrected chi connectivity index (χ2v) is 14.6. The maximum atomic E-state index is 12.5. The lowest BCUT2D eigenvalue weighted by Gasteiger charge is -2.29. The molecule has 0 aromatic carbocycles. The van der Waals surface area contributed by atoms with E-state index < -0.39 is 21.6 Å². The summed E-state index contributed by atoms with van der Waals surface area (Å²) in [4.78, 5) is 21.5. The first kappa shape index (κ1) is 29.9. The number of ether oxygens (including phenoxy) is 2. The number of halogens is 1. The number of rotatable bonds is 5. The highest BCUT2D eigenvalue weighted by molar-refractivity contribution is 7.85. The van der Waals surface area contributed by atoms with Crippen LogP contribution < -0.4 is 15.5 Å². The zero-order valence-corrected chi connectivity index (χ0v) is 26.6. The number of nitrogens with zero attached hydrogens (tertiary/aromatic N) is 8. The fraction of sp³-hybridized carbons (Fsp3) is 0.630. The molecule has 14 nitrogen and oxygen atoms in total. The maximum Gasteiger partial charge on any atom is 0.228 e. The van der Waals surface area contributed by atoms with Gasteiger partial charge in [0, 0.05) is 75.9 Å². The highest BCUT2D eigenvalue weighted by Crippen LogP contribution is 2.32. The van der Waals surface area contributed by atoms with Gasteiger partial charge in [0.05, 0.1) is 39.5 Å². The van der Waals surface area contributed by atoms with E-state index in [1.807, 2.05) is 0 Å². The lowest BCUT2D eigenvalue weighted by molar-refractivity contribution is 0.0902. The maximum absolute atomic E-state index is 12.5. The lowest BCUT2D eigenvalue weighted by atomic mass is 10.1. The Bertz CT molecular complexity index is 1560. The summed E-state index contributed by atoms with van der Waals surface area (Å²) in [6.45, 7) is 5.27. The van der Waals surface area contributed by atoms with Crippen molar-refractivity contribution in [3.63, 3.8) is 0 Å². The van der Waals surface area contributed by atoms with Gasteiger partial charge in [0.25, 0.3) is 0 Å². The fourth-order valence-electron chi connectivity index (χ4n) is 6.00. The Morgan fingerprint density at radius 3 is 2.02 bits per heavy atom. The van der Waals surface area contributed by atoms with Crippen molar-refractivity contribution in [2.24, 2.45) is 0 Å². The monoisotopic (exact) mass is 662 g/mol. The molecule has 2 saturated heterocycles. The molecule has 2 fully saturated rings. The summed E-state index contributed by atoms with van der Waals surface area (Å²) in [5.41, 5.74) is 1.73. The van der Waals surface area contributed by atoms with Gasteiger partial charge in [0.2, 0.25) is 11.2 Å². The first-order valence-electron chi connectivity index (χ1n) is 15.1. The molecule has 44 heavy (non-hydrogen) atoms. The molecule has 0 bridgehead atoms. The van der Waals surface area contributed by atoms with Crippen LogP contribution in [0.5, 0.6) is 0 Å². The van der Waals surface area contributed by atoms with Gasteiger partial charge < -0.3 is 29.6 Å². The third kappa shape index (κ3) is 6.45. The van der Waals surface area contributed by atoms with E-state index in [-0.39, 0.29) is 5.28 Å². The van der Waals surface area contributed by atoms with Crippen LogP contribution >= 0.6 is 11.6 Å². The van der Waals surface area contributed by atoms with Crippen molar-refractivity contribution in [3.8, 4) is 0 Å². The third-order valence-electron chi connectivity index (χ3n) is 8.38. The van der Waals surface area contributed by atoms with Crippen molar-refractivity contribution >= 4 is 50.8 Å². The van der Waals surface area contributed by atoms with Gasteiger partial charge in [-0.25, -0.2) is 9.97 Å². The van der Waals surface area contributed by atoms with Crippen molar-refractivity contribution in [1.82, 2.24) is 34.7 Å². The summed E-state index contributed by atoms with van der Waals surface area (Å²) in [5, 5.41) is 15.2. The Hall–Kier alpha value is -2.79. The molecule has 8 heterocycles. The van der Waals surface area contributed by atoms with Gasteiger partial charge in [-0.1, -0.05) is 0 Å². The van der Waals surface area contributed by atoms with Crippen LogP contribution in [0.2, 0.25) is 5.28 Å². The average Bonchev–Trinajstić information content (AvgIpc) is 3.77. The van der Waals surface area contributed by atoms with Crippen molar-refractivity contribution in [2.75, 3.05) is 60.0 Å². The molecule has 0 radical (unpaired) electrons. The van der Waals surface area contributed by atoms with Gasteiger partial charge in [-0.05, 0) is 37.3 Å². The van der Waals surface area contributed by atoms with E-state index in [1.165, 1.54) is 0 Å². The van der Waals surface area contributed by atoms with Crippen LogP contribution in [0.15, 0.2) is 16.1 Å². The second-order valence-electron chi connectivity index (χ2n) is 11.3. The number of hydrogen-bond donors (Lipinski definition) is 2. The zero-order valence-electron chi connectivity index (χ0n) is 24.2. The first-order chi connectivity index (χ1) is 21.5. The summed E-state index contributed by atoms with van der Waals surface area (Å²) < 4.78 is 37.2. The number of aryl methyl sites for hydroxylation is 2. The molecule has 8 rings (SSSR count). The first-order valence-corrected chi connectivity index (χ1v) is 18.1. The smallest absolute Gasteiger partial charge is 0.228 e. The van der Waals surface area contributed by atoms with E-state index in [2.05, 4.69) is 40.3 Å². The molecule has 2 atom stereocenters. The van der Waals surface area contributed by atoms with Crippen molar-refractivity contribution in [1.29, 1.82) is 0 Å². The molecular weight excluding hydrogens is 628 g/mol. The second kappa shape index (κ2) is 13.3.